The van der Waals surface area contributed by atoms with Crippen LogP contribution >= 0.6 is 39.1 Å². The number of hydrogen-bond donors (Lipinski definition) is 0. The van der Waals surface area contributed by atoms with E-state index in [9.17, 15) is 0 Å². The molecule has 5 heteroatoms. The average Bonchev–Trinajstić information content (AvgIpc) is 3.11. The lowest BCUT2D eigenvalue weighted by Crippen LogP contribution is -2.31. The van der Waals surface area contributed by atoms with Crippen LogP contribution in [0.1, 0.15) is 35.1 Å². The van der Waals surface area contributed by atoms with Gasteiger partial charge in [0.2, 0.25) is 0 Å². The molecule has 1 aliphatic rings. The largest absolute Gasteiger partial charge is 0.377 e. The maximum Gasteiger partial charge on any atom is 0.0703 e. The highest BCUT2D eigenvalue weighted by atomic mass is 79.9. The molecule has 1 unspecified atom stereocenters. The molecular weight excluding hydrogens is 433 g/mol. The Bertz CT molecular complexity index is 775. The fourth-order valence-electron chi connectivity index (χ4n) is 3.36. The summed E-state index contributed by atoms with van der Waals surface area (Å²) < 4.78 is 7.02. The summed E-state index contributed by atoms with van der Waals surface area (Å²) in [6.45, 7) is 7.46. The molecule has 1 atom stereocenters. The topological polar surface area (TPSA) is 12.5 Å². The van der Waals surface area contributed by atoms with E-state index >= 15 is 0 Å². The fourth-order valence-corrected chi connectivity index (χ4v) is 4.41. The molecule has 0 aliphatic carbocycles. The van der Waals surface area contributed by atoms with Gasteiger partial charge in [-0.3, -0.25) is 4.90 Å². The van der Waals surface area contributed by atoms with Crippen LogP contribution in [-0.2, 0) is 17.8 Å². The van der Waals surface area contributed by atoms with E-state index in [-0.39, 0.29) is 0 Å². The van der Waals surface area contributed by atoms with Gasteiger partial charge < -0.3 is 4.74 Å². The Morgan fingerprint density at radius 3 is 2.54 bits per heavy atom. The number of hydrogen-bond acceptors (Lipinski definition) is 2. The molecule has 3 rings (SSSR count). The summed E-state index contributed by atoms with van der Waals surface area (Å²) in [5.41, 5.74) is 4.58. The van der Waals surface area contributed by atoms with Gasteiger partial charge in [-0.15, -0.1) is 0 Å². The van der Waals surface area contributed by atoms with Crippen LogP contribution in [0.15, 0.2) is 34.8 Å². The predicted molar refractivity (Wildman–Crippen MR) is 113 cm³/mol. The number of benzene rings is 2. The molecule has 0 N–H and O–H groups in total. The van der Waals surface area contributed by atoms with Gasteiger partial charge in [-0.1, -0.05) is 57.3 Å². The lowest BCUT2D eigenvalue weighted by Gasteiger charge is -2.26. The Hall–Kier alpha value is -0.580. The quantitative estimate of drug-likeness (QED) is 0.488. The van der Waals surface area contributed by atoms with E-state index in [1.807, 2.05) is 19.1 Å². The lowest BCUT2D eigenvalue weighted by atomic mass is 10.1. The normalized spacial score (nSPS) is 17.2. The van der Waals surface area contributed by atoms with Gasteiger partial charge in [-0.2, -0.15) is 0 Å². The third-order valence-electron chi connectivity index (χ3n) is 4.88. The molecule has 2 nitrogen and oxygen atoms in total. The number of halogens is 3. The molecule has 0 aromatic heterocycles. The zero-order valence-corrected chi connectivity index (χ0v) is 18.3. The first-order valence-electron chi connectivity index (χ1n) is 8.96. The van der Waals surface area contributed by atoms with Crippen LogP contribution in [0.25, 0.3) is 0 Å². The van der Waals surface area contributed by atoms with Crippen LogP contribution in [0.3, 0.4) is 0 Å². The van der Waals surface area contributed by atoms with Crippen molar-refractivity contribution in [2.75, 3.05) is 13.2 Å². The van der Waals surface area contributed by atoms with Crippen molar-refractivity contribution >= 4 is 39.1 Å². The highest BCUT2D eigenvalue weighted by Crippen LogP contribution is 2.29. The second kappa shape index (κ2) is 9.07. The molecule has 0 radical (unpaired) electrons. The van der Waals surface area contributed by atoms with Gasteiger partial charge in [-0.25, -0.2) is 0 Å². The number of ether oxygens (including phenoxy) is 1. The van der Waals surface area contributed by atoms with Crippen LogP contribution in [0.2, 0.25) is 10.0 Å². The summed E-state index contributed by atoms with van der Waals surface area (Å²) >= 11 is 16.5. The van der Waals surface area contributed by atoms with Gasteiger partial charge in [0.1, 0.15) is 0 Å². The third-order valence-corrected chi connectivity index (χ3v) is 6.56. The van der Waals surface area contributed by atoms with E-state index in [0.29, 0.717) is 11.1 Å². The maximum atomic E-state index is 6.56. The minimum absolute atomic E-state index is 0.298. The fraction of sp³-hybridized carbons (Fsp3) is 0.429. The van der Waals surface area contributed by atoms with Crippen molar-refractivity contribution < 1.29 is 4.74 Å². The molecule has 0 amide bonds. The smallest absolute Gasteiger partial charge is 0.0703 e. The van der Waals surface area contributed by atoms with Crippen molar-refractivity contribution in [1.29, 1.82) is 0 Å². The van der Waals surface area contributed by atoms with Gasteiger partial charge in [0, 0.05) is 40.8 Å². The Morgan fingerprint density at radius 1 is 1.12 bits per heavy atom. The lowest BCUT2D eigenvalue weighted by molar-refractivity contribution is 0.0678. The monoisotopic (exact) mass is 455 g/mol. The number of rotatable bonds is 6. The molecule has 26 heavy (non-hydrogen) atoms. The maximum absolute atomic E-state index is 6.56. The van der Waals surface area contributed by atoms with Crippen LogP contribution in [0.5, 0.6) is 0 Å². The summed E-state index contributed by atoms with van der Waals surface area (Å²) in [6.07, 6.45) is 2.57. The molecule has 1 aliphatic heterocycles. The molecular formula is C21H24BrCl2NO. The van der Waals surface area contributed by atoms with Crippen molar-refractivity contribution in [2.24, 2.45) is 0 Å². The van der Waals surface area contributed by atoms with Crippen LogP contribution < -0.4 is 0 Å². The minimum atomic E-state index is 0.298. The number of nitrogens with zero attached hydrogens (tertiary/aromatic N) is 1. The van der Waals surface area contributed by atoms with Gasteiger partial charge in [0.15, 0.2) is 0 Å². The van der Waals surface area contributed by atoms with Crippen molar-refractivity contribution in [1.82, 2.24) is 4.90 Å². The SMILES string of the molecule is Cc1ccc(CN(Cc2ccc(Cl)c(C)c2Cl)CC2CCCO2)c(Br)c1. The average molecular weight is 457 g/mol. The van der Waals surface area contributed by atoms with E-state index < -0.39 is 0 Å². The van der Waals surface area contributed by atoms with Crippen molar-refractivity contribution in [2.45, 2.75) is 45.9 Å². The summed E-state index contributed by atoms with van der Waals surface area (Å²) in [5, 5.41) is 1.48. The molecule has 140 valence electrons. The Kier molecular flexibility index (Phi) is 7.04. The van der Waals surface area contributed by atoms with Gasteiger partial charge >= 0.3 is 0 Å². The summed E-state index contributed by atoms with van der Waals surface area (Å²) in [5.74, 6) is 0. The van der Waals surface area contributed by atoms with E-state index in [4.69, 9.17) is 27.9 Å². The van der Waals surface area contributed by atoms with Crippen LogP contribution in [0, 0.1) is 13.8 Å². The van der Waals surface area contributed by atoms with Crippen LogP contribution in [-0.4, -0.2) is 24.2 Å². The molecule has 2 aromatic rings. The highest BCUT2D eigenvalue weighted by molar-refractivity contribution is 9.10. The highest BCUT2D eigenvalue weighted by Gasteiger charge is 2.21. The first-order chi connectivity index (χ1) is 12.4. The van der Waals surface area contributed by atoms with Crippen molar-refractivity contribution in [3.05, 3.63) is 67.1 Å². The van der Waals surface area contributed by atoms with E-state index in [0.717, 1.165) is 59.7 Å². The predicted octanol–water partition coefficient (Wildman–Crippen LogP) is 6.55. The summed E-state index contributed by atoms with van der Waals surface area (Å²) in [7, 11) is 0. The molecule has 1 fully saturated rings. The van der Waals surface area contributed by atoms with Crippen molar-refractivity contribution in [3.63, 3.8) is 0 Å². The second-order valence-corrected chi connectivity index (χ2v) is 8.68. The molecule has 2 aromatic carbocycles. The molecule has 1 saturated heterocycles. The van der Waals surface area contributed by atoms with E-state index in [1.165, 1.54) is 11.1 Å². The molecule has 0 spiro atoms. The zero-order chi connectivity index (χ0) is 18.7. The van der Waals surface area contributed by atoms with Crippen molar-refractivity contribution in [3.8, 4) is 0 Å². The first-order valence-corrected chi connectivity index (χ1v) is 10.5. The second-order valence-electron chi connectivity index (χ2n) is 7.05. The van der Waals surface area contributed by atoms with Crippen LogP contribution in [0.4, 0.5) is 0 Å². The minimum Gasteiger partial charge on any atom is -0.377 e. The van der Waals surface area contributed by atoms with E-state index in [1.54, 1.807) is 0 Å². The Morgan fingerprint density at radius 2 is 1.85 bits per heavy atom. The van der Waals surface area contributed by atoms with Gasteiger partial charge in [0.05, 0.1) is 6.10 Å². The summed E-state index contributed by atoms with van der Waals surface area (Å²) in [4.78, 5) is 2.42. The summed E-state index contributed by atoms with van der Waals surface area (Å²) in [6, 6.07) is 10.5. The third kappa shape index (κ3) is 5.02. The Labute approximate surface area is 174 Å². The van der Waals surface area contributed by atoms with E-state index in [2.05, 4.69) is 46.0 Å². The standard InChI is InChI=1S/C21H24BrCl2NO/c1-14-5-6-16(19(22)10-14)11-25(13-18-4-3-9-26-18)12-17-7-8-20(23)15(2)21(17)24/h5-8,10,18H,3-4,9,11-13H2,1-2H3. The molecule has 1 heterocycles. The number of aryl methyl sites for hydroxylation is 1. The zero-order valence-electron chi connectivity index (χ0n) is 15.2. The Balaban J connectivity index is 1.81. The molecule has 0 saturated carbocycles. The van der Waals surface area contributed by atoms with Gasteiger partial charge in [0.25, 0.3) is 0 Å². The first kappa shape index (κ1) is 20.2. The molecule has 0 bridgehead atoms. The van der Waals surface area contributed by atoms with Gasteiger partial charge in [-0.05, 0) is 61.1 Å².